The number of nitrogens with zero attached hydrogens (tertiary/aromatic N) is 4. The van der Waals surface area contributed by atoms with Crippen molar-refractivity contribution in [3.05, 3.63) is 17.5 Å². The van der Waals surface area contributed by atoms with Crippen molar-refractivity contribution in [2.75, 3.05) is 26.1 Å². The van der Waals surface area contributed by atoms with Gasteiger partial charge in [-0.05, 0) is 0 Å². The Labute approximate surface area is 171 Å². The van der Waals surface area contributed by atoms with Crippen molar-refractivity contribution in [1.29, 1.82) is 0 Å². The van der Waals surface area contributed by atoms with Crippen LogP contribution in [0.25, 0.3) is 0 Å². The molecule has 0 radical (unpaired) electrons. The van der Waals surface area contributed by atoms with Crippen LogP contribution in [0.2, 0.25) is 5.15 Å². The molecule has 0 saturated carbocycles. The van der Waals surface area contributed by atoms with Crippen LogP contribution in [0.15, 0.2) is 17.3 Å². The number of sulfonamides is 1. The number of hydrogen-bond acceptors (Lipinski definition) is 10. The van der Waals surface area contributed by atoms with Gasteiger partial charge < -0.3 is 14.2 Å². The van der Waals surface area contributed by atoms with E-state index in [1.165, 1.54) is 25.0 Å². The van der Waals surface area contributed by atoms with E-state index in [4.69, 9.17) is 21.1 Å². The molecule has 0 aliphatic heterocycles. The number of aromatic nitrogens is 4. The highest BCUT2D eigenvalue weighted by atomic mass is 35.5. The molecule has 2 rings (SSSR count). The van der Waals surface area contributed by atoms with Gasteiger partial charge in [0.15, 0.2) is 16.7 Å². The number of amides is 2. The first kappa shape index (κ1) is 23.1. The van der Waals surface area contributed by atoms with Gasteiger partial charge in [-0.25, -0.2) is 27.9 Å². The minimum absolute atomic E-state index is 0.0117. The normalized spacial score (nSPS) is 11.5. The summed E-state index contributed by atoms with van der Waals surface area (Å²) in [6, 6.07) is -0.0995. The zero-order valence-electron chi connectivity index (χ0n) is 15.0. The summed E-state index contributed by atoms with van der Waals surface area (Å²) < 4.78 is 77.7. The molecule has 164 valence electrons. The molecule has 0 bridgehead atoms. The number of rotatable bonds is 7. The average Bonchev–Trinajstić information content (AvgIpc) is 2.64. The molecule has 30 heavy (non-hydrogen) atoms. The fourth-order valence-corrected chi connectivity index (χ4v) is 3.23. The average molecular weight is 473 g/mol. The second kappa shape index (κ2) is 9.12. The third kappa shape index (κ3) is 6.18. The molecule has 2 aromatic heterocycles. The molecule has 0 spiro atoms. The Morgan fingerprint density at radius 1 is 1.17 bits per heavy atom. The smallest absolute Gasteiger partial charge is 0.422 e. The second-order valence-electron chi connectivity index (χ2n) is 5.04. The quantitative estimate of drug-likeness (QED) is 0.564. The summed E-state index contributed by atoms with van der Waals surface area (Å²) in [5.74, 6) is -1.43. The maximum absolute atomic E-state index is 12.5. The van der Waals surface area contributed by atoms with E-state index in [0.29, 0.717) is 6.33 Å². The van der Waals surface area contributed by atoms with Crippen molar-refractivity contribution in [3.8, 4) is 17.6 Å². The van der Waals surface area contributed by atoms with Gasteiger partial charge in [0.1, 0.15) is 6.33 Å². The molecule has 2 N–H and O–H groups in total. The topological polar surface area (TPSA) is 155 Å². The highest BCUT2D eigenvalue weighted by Gasteiger charge is 2.33. The van der Waals surface area contributed by atoms with E-state index >= 15 is 0 Å². The van der Waals surface area contributed by atoms with Crippen LogP contribution in [0.1, 0.15) is 0 Å². The van der Waals surface area contributed by atoms with E-state index in [1.54, 1.807) is 0 Å². The van der Waals surface area contributed by atoms with Gasteiger partial charge >= 0.3 is 12.2 Å². The van der Waals surface area contributed by atoms with Gasteiger partial charge in [0.2, 0.25) is 23.6 Å². The molecular formula is C13H12ClF3N6O6S. The summed E-state index contributed by atoms with van der Waals surface area (Å²) in [5, 5.41) is 1.22. The van der Waals surface area contributed by atoms with Crippen molar-refractivity contribution in [3.63, 3.8) is 0 Å². The van der Waals surface area contributed by atoms with Crippen molar-refractivity contribution in [2.24, 2.45) is 0 Å². The number of carbonyl (C=O) groups is 1. The largest absolute Gasteiger partial charge is 0.481 e. The molecule has 17 heteroatoms. The summed E-state index contributed by atoms with van der Waals surface area (Å²) in [5.41, 5.74) is 0. The monoisotopic (exact) mass is 472 g/mol. The first-order valence-corrected chi connectivity index (χ1v) is 9.32. The molecule has 0 aromatic carbocycles. The Hall–Kier alpha value is -3.14. The Bertz CT molecular complexity index is 1020. The summed E-state index contributed by atoms with van der Waals surface area (Å²) in [7, 11) is -2.32. The number of nitrogens with one attached hydrogen (secondary N) is 2. The van der Waals surface area contributed by atoms with Crippen LogP contribution in [0.5, 0.6) is 17.6 Å². The molecule has 0 fully saturated rings. The van der Waals surface area contributed by atoms with Crippen LogP contribution >= 0.6 is 11.6 Å². The van der Waals surface area contributed by atoms with Crippen LogP contribution in [0, 0.1) is 0 Å². The first-order chi connectivity index (χ1) is 13.9. The van der Waals surface area contributed by atoms with Crippen molar-refractivity contribution in [1.82, 2.24) is 24.7 Å². The van der Waals surface area contributed by atoms with Gasteiger partial charge in [-0.15, -0.1) is 0 Å². The van der Waals surface area contributed by atoms with E-state index in [1.807, 2.05) is 5.32 Å². The number of ether oxygens (including phenoxy) is 3. The minimum atomic E-state index is -4.87. The van der Waals surface area contributed by atoms with Gasteiger partial charge in [-0.2, -0.15) is 23.1 Å². The molecule has 2 heterocycles. The molecule has 2 aromatic rings. The lowest BCUT2D eigenvalue weighted by Gasteiger charge is -2.13. The molecule has 2 amide bonds. The highest BCUT2D eigenvalue weighted by molar-refractivity contribution is 7.90. The number of methoxy groups -OCH3 is 2. The molecule has 0 unspecified atom stereocenters. The second-order valence-corrected chi connectivity index (χ2v) is 7.02. The Morgan fingerprint density at radius 2 is 1.77 bits per heavy atom. The van der Waals surface area contributed by atoms with Gasteiger partial charge in [-0.3, -0.25) is 5.32 Å². The number of hydrogen-bond donors (Lipinski definition) is 2. The van der Waals surface area contributed by atoms with Crippen molar-refractivity contribution < 1.29 is 40.6 Å². The predicted molar refractivity (Wildman–Crippen MR) is 93.1 cm³/mol. The predicted octanol–water partition coefficient (Wildman–Crippen LogP) is 1.39. The fourth-order valence-electron chi connectivity index (χ4n) is 1.79. The lowest BCUT2D eigenvalue weighted by molar-refractivity contribution is -0.154. The number of anilines is 1. The summed E-state index contributed by atoms with van der Waals surface area (Å²) >= 11 is 5.67. The van der Waals surface area contributed by atoms with E-state index in [0.717, 1.165) is 0 Å². The van der Waals surface area contributed by atoms with Crippen LogP contribution in [0.3, 0.4) is 0 Å². The van der Waals surface area contributed by atoms with Crippen LogP contribution in [-0.2, 0) is 10.0 Å². The standard InChI is InChI=1S/C13H12ClF3N6O6S/c1-27-6-3-7(28-2)21-11(20-6)22-12(24)23-30(25,26)8-9(14)18-5-19-10(8)29-4-13(15,16)17/h3,5H,4H2,1-2H3,(H2,20,21,22,23,24). The first-order valence-electron chi connectivity index (χ1n) is 7.46. The summed E-state index contributed by atoms with van der Waals surface area (Å²) in [4.78, 5) is 25.2. The van der Waals surface area contributed by atoms with E-state index in [2.05, 4.69) is 24.7 Å². The SMILES string of the molecule is COc1cc(OC)nc(NC(=O)NS(=O)(=O)c2c(Cl)ncnc2OCC(F)(F)F)n1. The molecule has 0 aliphatic carbocycles. The fraction of sp³-hybridized carbons (Fsp3) is 0.308. The number of alkyl halides is 3. The zero-order valence-corrected chi connectivity index (χ0v) is 16.6. The van der Waals surface area contributed by atoms with E-state index < -0.39 is 50.7 Å². The van der Waals surface area contributed by atoms with Gasteiger partial charge in [0, 0.05) is 0 Å². The third-order valence-electron chi connectivity index (χ3n) is 2.92. The molecule has 0 atom stereocenters. The number of carbonyl (C=O) groups excluding carboxylic acids is 1. The van der Waals surface area contributed by atoms with Crippen LogP contribution < -0.4 is 24.2 Å². The van der Waals surface area contributed by atoms with E-state index in [9.17, 15) is 26.4 Å². The number of urea groups is 1. The third-order valence-corrected chi connectivity index (χ3v) is 4.68. The minimum Gasteiger partial charge on any atom is -0.481 e. The Balaban J connectivity index is 2.25. The number of halogens is 4. The maximum atomic E-state index is 12.5. The zero-order chi connectivity index (χ0) is 22.5. The van der Waals surface area contributed by atoms with E-state index in [-0.39, 0.29) is 11.8 Å². The summed E-state index contributed by atoms with van der Waals surface area (Å²) in [6.45, 7) is -1.85. The lowest BCUT2D eigenvalue weighted by Crippen LogP contribution is -2.35. The van der Waals surface area contributed by atoms with Gasteiger partial charge in [-0.1, -0.05) is 11.6 Å². The van der Waals surface area contributed by atoms with Crippen molar-refractivity contribution >= 4 is 33.6 Å². The maximum Gasteiger partial charge on any atom is 0.422 e. The Morgan fingerprint density at radius 3 is 2.30 bits per heavy atom. The molecule has 0 saturated heterocycles. The van der Waals surface area contributed by atoms with Gasteiger partial charge in [0.05, 0.1) is 20.3 Å². The van der Waals surface area contributed by atoms with Gasteiger partial charge in [0.25, 0.3) is 10.0 Å². The highest BCUT2D eigenvalue weighted by Crippen LogP contribution is 2.28. The summed E-state index contributed by atoms with van der Waals surface area (Å²) in [6.07, 6.45) is -4.10. The van der Waals surface area contributed by atoms with Crippen LogP contribution in [-0.4, -0.2) is 61.4 Å². The Kier molecular flexibility index (Phi) is 7.04. The molecule has 12 nitrogen and oxygen atoms in total. The lowest BCUT2D eigenvalue weighted by atomic mass is 10.6. The van der Waals surface area contributed by atoms with Crippen molar-refractivity contribution in [2.45, 2.75) is 11.1 Å². The molecule has 0 aliphatic rings. The molecular weight excluding hydrogens is 461 g/mol. The van der Waals surface area contributed by atoms with Crippen LogP contribution in [0.4, 0.5) is 23.9 Å².